The number of aryl methyl sites for hydroxylation is 2. The minimum Gasteiger partial charge on any atom is -0.0654 e. The van der Waals surface area contributed by atoms with Crippen LogP contribution in [0.5, 0.6) is 0 Å². The molecule has 0 N–H and O–H groups in total. The van der Waals surface area contributed by atoms with Crippen LogP contribution >= 0.6 is 0 Å². The maximum absolute atomic E-state index is 3.31. The van der Waals surface area contributed by atoms with Crippen LogP contribution in [-0.2, 0) is 12.8 Å². The molecule has 0 nitrogen and oxygen atoms in total. The van der Waals surface area contributed by atoms with Gasteiger partial charge in [-0.05, 0) is 85.3 Å². The summed E-state index contributed by atoms with van der Waals surface area (Å²) in [7, 11) is 0. The van der Waals surface area contributed by atoms with Crippen molar-refractivity contribution in [2.24, 2.45) is 0 Å². The van der Waals surface area contributed by atoms with Crippen LogP contribution in [0.2, 0.25) is 0 Å². The standard InChI is InChI=1S/C40H50/c1-3-5-7-9-11-12-14-16-18-36-21-25-38(26-22-36)28-30-40-33-31-39(32-34-40)29-27-37-23-19-35(20-24-37)17-15-13-10-8-6-4-2/h19-26,31-34H,3-18H2,1-2H3. The Hall–Kier alpha value is -3.22. The first-order chi connectivity index (χ1) is 19.8. The lowest BCUT2D eigenvalue weighted by Gasteiger charge is -2.03. The predicted molar refractivity (Wildman–Crippen MR) is 175 cm³/mol. The van der Waals surface area contributed by atoms with E-state index in [1.807, 2.05) is 0 Å². The number of unbranched alkanes of at least 4 members (excludes halogenated alkanes) is 12. The summed E-state index contributed by atoms with van der Waals surface area (Å²) in [6.45, 7) is 4.55. The van der Waals surface area contributed by atoms with Gasteiger partial charge < -0.3 is 0 Å². The number of benzene rings is 3. The van der Waals surface area contributed by atoms with E-state index in [1.165, 1.54) is 114 Å². The van der Waals surface area contributed by atoms with Crippen molar-refractivity contribution < 1.29 is 0 Å². The maximum Gasteiger partial charge on any atom is 0.0249 e. The molecule has 0 fully saturated rings. The molecule has 0 heteroatoms. The predicted octanol–water partition coefficient (Wildman–Crippen LogP) is 11.1. The van der Waals surface area contributed by atoms with Crippen molar-refractivity contribution in [1.82, 2.24) is 0 Å². The zero-order valence-electron chi connectivity index (χ0n) is 25.2. The van der Waals surface area contributed by atoms with E-state index < -0.39 is 0 Å². The lowest BCUT2D eigenvalue weighted by atomic mass is 10.0. The second-order valence-electron chi connectivity index (χ2n) is 11.2. The lowest BCUT2D eigenvalue weighted by molar-refractivity contribution is 0.575. The molecule has 0 aliphatic carbocycles. The molecule has 0 saturated heterocycles. The van der Waals surface area contributed by atoms with Crippen molar-refractivity contribution in [1.29, 1.82) is 0 Å². The largest absolute Gasteiger partial charge is 0.0654 e. The molecule has 0 radical (unpaired) electrons. The molecule has 0 aromatic heterocycles. The van der Waals surface area contributed by atoms with Gasteiger partial charge in [0.15, 0.2) is 0 Å². The molecule has 210 valence electrons. The van der Waals surface area contributed by atoms with E-state index in [2.05, 4.69) is 110 Å². The number of hydrogen-bond donors (Lipinski definition) is 0. The van der Waals surface area contributed by atoms with Crippen LogP contribution in [0, 0.1) is 23.7 Å². The highest BCUT2D eigenvalue weighted by atomic mass is 14.0. The summed E-state index contributed by atoms with van der Waals surface area (Å²) in [6.07, 6.45) is 21.4. The van der Waals surface area contributed by atoms with E-state index in [9.17, 15) is 0 Å². The Morgan fingerprint density at radius 3 is 0.875 bits per heavy atom. The molecule has 0 bridgehead atoms. The van der Waals surface area contributed by atoms with Crippen LogP contribution in [0.25, 0.3) is 0 Å². The maximum atomic E-state index is 3.31. The van der Waals surface area contributed by atoms with Gasteiger partial charge in [0.05, 0.1) is 0 Å². The molecule has 3 aromatic rings. The SMILES string of the molecule is CCCCCCCCCCc1ccc(C#Cc2ccc(C#Cc3ccc(CCCCCCCC)cc3)cc2)cc1. The highest BCUT2D eigenvalue weighted by Crippen LogP contribution is 2.13. The van der Waals surface area contributed by atoms with Gasteiger partial charge in [-0.25, -0.2) is 0 Å². The molecule has 3 rings (SSSR count). The summed E-state index contributed by atoms with van der Waals surface area (Å²) in [5, 5.41) is 0. The summed E-state index contributed by atoms with van der Waals surface area (Å²) in [5.74, 6) is 13.2. The monoisotopic (exact) mass is 530 g/mol. The molecule has 0 atom stereocenters. The molecular formula is C40H50. The van der Waals surface area contributed by atoms with Crippen molar-refractivity contribution in [2.45, 2.75) is 117 Å². The molecule has 0 heterocycles. The molecular weight excluding hydrogens is 480 g/mol. The van der Waals surface area contributed by atoms with Crippen molar-refractivity contribution >= 4 is 0 Å². The van der Waals surface area contributed by atoms with Gasteiger partial charge in [-0.1, -0.05) is 139 Å². The summed E-state index contributed by atoms with van der Waals surface area (Å²) in [5.41, 5.74) is 7.03. The van der Waals surface area contributed by atoms with Gasteiger partial charge in [0, 0.05) is 22.3 Å². The third kappa shape index (κ3) is 13.2. The Balaban J connectivity index is 1.39. The number of rotatable bonds is 16. The van der Waals surface area contributed by atoms with Gasteiger partial charge in [0.25, 0.3) is 0 Å². The first kappa shape index (κ1) is 31.3. The Morgan fingerprint density at radius 1 is 0.325 bits per heavy atom. The van der Waals surface area contributed by atoms with E-state index in [0.717, 1.165) is 22.3 Å². The van der Waals surface area contributed by atoms with Gasteiger partial charge >= 0.3 is 0 Å². The van der Waals surface area contributed by atoms with Crippen LogP contribution in [-0.4, -0.2) is 0 Å². The Morgan fingerprint density at radius 2 is 0.575 bits per heavy atom. The van der Waals surface area contributed by atoms with E-state index >= 15 is 0 Å². The molecule has 3 aromatic carbocycles. The average molecular weight is 531 g/mol. The average Bonchev–Trinajstić information content (AvgIpc) is 3.00. The van der Waals surface area contributed by atoms with Crippen LogP contribution in [0.4, 0.5) is 0 Å². The third-order valence-electron chi connectivity index (χ3n) is 7.63. The highest BCUT2D eigenvalue weighted by molar-refractivity contribution is 5.48. The second-order valence-corrected chi connectivity index (χ2v) is 11.2. The first-order valence-corrected chi connectivity index (χ1v) is 16.1. The third-order valence-corrected chi connectivity index (χ3v) is 7.63. The molecule has 0 spiro atoms. The minimum absolute atomic E-state index is 1.02. The molecule has 0 aliphatic rings. The van der Waals surface area contributed by atoms with Crippen molar-refractivity contribution in [3.63, 3.8) is 0 Å². The minimum atomic E-state index is 1.02. The Bertz CT molecular complexity index is 1190. The van der Waals surface area contributed by atoms with E-state index in [1.54, 1.807) is 0 Å². The van der Waals surface area contributed by atoms with Crippen LogP contribution in [0.3, 0.4) is 0 Å². The fraction of sp³-hybridized carbons (Fsp3) is 0.450. The molecule has 0 aliphatic heterocycles. The van der Waals surface area contributed by atoms with Gasteiger partial charge in [0.2, 0.25) is 0 Å². The normalized spacial score (nSPS) is 10.4. The first-order valence-electron chi connectivity index (χ1n) is 16.1. The van der Waals surface area contributed by atoms with Crippen molar-refractivity contribution in [3.05, 3.63) is 106 Å². The highest BCUT2D eigenvalue weighted by Gasteiger charge is 1.97. The summed E-state index contributed by atoms with van der Waals surface area (Å²) in [4.78, 5) is 0. The second kappa shape index (κ2) is 19.8. The van der Waals surface area contributed by atoms with Crippen LogP contribution in [0.15, 0.2) is 72.8 Å². The lowest BCUT2D eigenvalue weighted by Crippen LogP contribution is -1.87. The van der Waals surface area contributed by atoms with E-state index in [0.29, 0.717) is 0 Å². The fourth-order valence-corrected chi connectivity index (χ4v) is 5.01. The van der Waals surface area contributed by atoms with Gasteiger partial charge in [-0.3, -0.25) is 0 Å². The zero-order chi connectivity index (χ0) is 28.1. The molecule has 40 heavy (non-hydrogen) atoms. The number of hydrogen-bond acceptors (Lipinski definition) is 0. The van der Waals surface area contributed by atoms with Gasteiger partial charge in [-0.15, -0.1) is 0 Å². The Kier molecular flexibility index (Phi) is 15.5. The molecule has 0 unspecified atom stereocenters. The van der Waals surface area contributed by atoms with Crippen molar-refractivity contribution in [3.8, 4) is 23.7 Å². The topological polar surface area (TPSA) is 0 Å². The van der Waals surface area contributed by atoms with Gasteiger partial charge in [0.1, 0.15) is 0 Å². The van der Waals surface area contributed by atoms with Crippen LogP contribution in [0.1, 0.15) is 137 Å². The zero-order valence-corrected chi connectivity index (χ0v) is 25.2. The summed E-state index contributed by atoms with van der Waals surface area (Å²) < 4.78 is 0. The van der Waals surface area contributed by atoms with Crippen molar-refractivity contribution in [2.75, 3.05) is 0 Å². The smallest absolute Gasteiger partial charge is 0.0249 e. The Labute approximate surface area is 246 Å². The summed E-state index contributed by atoms with van der Waals surface area (Å²) >= 11 is 0. The quantitative estimate of drug-likeness (QED) is 0.128. The van der Waals surface area contributed by atoms with E-state index in [4.69, 9.17) is 0 Å². The van der Waals surface area contributed by atoms with Gasteiger partial charge in [-0.2, -0.15) is 0 Å². The fourth-order valence-electron chi connectivity index (χ4n) is 5.01. The van der Waals surface area contributed by atoms with Crippen LogP contribution < -0.4 is 0 Å². The molecule has 0 saturated carbocycles. The molecule has 0 amide bonds. The van der Waals surface area contributed by atoms with E-state index in [-0.39, 0.29) is 0 Å². The summed E-state index contributed by atoms with van der Waals surface area (Å²) in [6, 6.07) is 25.8.